The number of nitrogens with zero attached hydrogens (tertiary/aromatic N) is 2. The predicted octanol–water partition coefficient (Wildman–Crippen LogP) is 3.81. The van der Waals surface area contributed by atoms with E-state index in [-0.39, 0.29) is 11.7 Å². The Hall–Kier alpha value is -0.970. The van der Waals surface area contributed by atoms with Crippen LogP contribution >= 0.6 is 34.5 Å². The average molecular weight is 313 g/mol. The zero-order chi connectivity index (χ0) is 13.4. The molecule has 2 heterocycles. The summed E-state index contributed by atoms with van der Waals surface area (Å²) in [6.07, 6.45) is 3.17. The van der Waals surface area contributed by atoms with Crippen LogP contribution in [0.25, 0.3) is 10.2 Å². The van der Waals surface area contributed by atoms with Gasteiger partial charge in [0.15, 0.2) is 5.78 Å². The van der Waals surface area contributed by atoms with Gasteiger partial charge < -0.3 is 0 Å². The standard InChI is InChI=1S/C13H10Cl2N2OS/c14-8-1-2-9-13(12(8)15)19-11(17-9)5-7-3-4-16-6-10(7)18/h1-2,4,7H,3,5-6H2. The number of ketones is 1. The Labute approximate surface area is 124 Å². The van der Waals surface area contributed by atoms with Crippen molar-refractivity contribution in [3.05, 3.63) is 27.2 Å². The van der Waals surface area contributed by atoms with E-state index in [4.69, 9.17) is 23.2 Å². The first-order valence-electron chi connectivity index (χ1n) is 5.89. The number of Topliss-reactive ketones (excluding diaryl/α,β-unsaturated/α-hetero) is 1. The predicted molar refractivity (Wildman–Crippen MR) is 79.8 cm³/mol. The fourth-order valence-corrected chi connectivity index (χ4v) is 3.67. The Morgan fingerprint density at radius 3 is 3.00 bits per heavy atom. The molecule has 0 radical (unpaired) electrons. The van der Waals surface area contributed by atoms with Gasteiger partial charge in [0, 0.05) is 12.3 Å². The summed E-state index contributed by atoms with van der Waals surface area (Å²) in [7, 11) is 0. The number of thiazole rings is 1. The number of carbonyl (C=O) groups is 1. The number of rotatable bonds is 2. The molecule has 0 N–H and O–H groups in total. The molecule has 19 heavy (non-hydrogen) atoms. The molecule has 3 rings (SSSR count). The maximum atomic E-state index is 11.8. The zero-order valence-corrected chi connectivity index (χ0v) is 12.2. The second kappa shape index (κ2) is 5.19. The molecule has 0 aliphatic carbocycles. The van der Waals surface area contributed by atoms with Crippen LogP contribution in [-0.2, 0) is 11.2 Å². The normalized spacial score (nSPS) is 19.3. The molecule has 1 atom stereocenters. The molecule has 1 aliphatic heterocycles. The third kappa shape index (κ3) is 2.53. The van der Waals surface area contributed by atoms with Gasteiger partial charge in [-0.2, -0.15) is 0 Å². The summed E-state index contributed by atoms with van der Waals surface area (Å²) >= 11 is 13.7. The van der Waals surface area contributed by atoms with Gasteiger partial charge in [-0.05, 0) is 24.8 Å². The lowest BCUT2D eigenvalue weighted by molar-refractivity contribution is -0.121. The zero-order valence-electron chi connectivity index (χ0n) is 9.90. The Balaban J connectivity index is 1.91. The molecule has 6 heteroatoms. The second-order valence-electron chi connectivity index (χ2n) is 4.44. The Kier molecular flexibility index (Phi) is 3.56. The van der Waals surface area contributed by atoms with Gasteiger partial charge in [-0.25, -0.2) is 4.98 Å². The summed E-state index contributed by atoms with van der Waals surface area (Å²) in [5, 5.41) is 2.00. The number of carbonyl (C=O) groups excluding carboxylic acids is 1. The molecule has 0 spiro atoms. The van der Waals surface area contributed by atoms with Crippen molar-refractivity contribution in [1.29, 1.82) is 0 Å². The first-order chi connectivity index (χ1) is 9.15. The van der Waals surface area contributed by atoms with Gasteiger partial charge in [0.25, 0.3) is 0 Å². The number of hydrogen-bond acceptors (Lipinski definition) is 4. The molecule has 0 amide bonds. The van der Waals surface area contributed by atoms with E-state index in [1.807, 2.05) is 12.3 Å². The van der Waals surface area contributed by atoms with Gasteiger partial charge in [0.05, 0.1) is 31.8 Å². The largest absolute Gasteiger partial charge is 0.297 e. The molecule has 1 aliphatic rings. The maximum Gasteiger partial charge on any atom is 0.158 e. The molecule has 0 bridgehead atoms. The lowest BCUT2D eigenvalue weighted by Crippen LogP contribution is -2.23. The maximum absolute atomic E-state index is 11.8. The molecule has 1 aromatic heterocycles. The van der Waals surface area contributed by atoms with Crippen LogP contribution in [0.5, 0.6) is 0 Å². The van der Waals surface area contributed by atoms with Crippen molar-refractivity contribution in [2.24, 2.45) is 10.9 Å². The fraction of sp³-hybridized carbons (Fsp3) is 0.308. The van der Waals surface area contributed by atoms with Crippen LogP contribution in [0.3, 0.4) is 0 Å². The van der Waals surface area contributed by atoms with Crippen LogP contribution in [0.2, 0.25) is 10.0 Å². The van der Waals surface area contributed by atoms with Crippen molar-refractivity contribution in [3.8, 4) is 0 Å². The Morgan fingerprint density at radius 1 is 1.37 bits per heavy atom. The minimum Gasteiger partial charge on any atom is -0.297 e. The highest BCUT2D eigenvalue weighted by Crippen LogP contribution is 2.35. The van der Waals surface area contributed by atoms with Gasteiger partial charge >= 0.3 is 0 Å². The molecule has 1 aromatic carbocycles. The highest BCUT2D eigenvalue weighted by atomic mass is 35.5. The highest BCUT2D eigenvalue weighted by molar-refractivity contribution is 7.19. The molecule has 0 saturated carbocycles. The molecule has 3 nitrogen and oxygen atoms in total. The lowest BCUT2D eigenvalue weighted by atomic mass is 9.95. The lowest BCUT2D eigenvalue weighted by Gasteiger charge is -2.13. The molecular formula is C13H10Cl2N2OS. The topological polar surface area (TPSA) is 42.3 Å². The van der Waals surface area contributed by atoms with Crippen molar-refractivity contribution >= 4 is 56.8 Å². The number of aromatic nitrogens is 1. The van der Waals surface area contributed by atoms with Crippen LogP contribution in [0.15, 0.2) is 17.1 Å². The SMILES string of the molecule is O=C1CN=CCC1Cc1nc2ccc(Cl)c(Cl)c2s1. The first-order valence-corrected chi connectivity index (χ1v) is 7.47. The van der Waals surface area contributed by atoms with Gasteiger partial charge in [-0.15, -0.1) is 11.3 Å². The van der Waals surface area contributed by atoms with E-state index in [1.54, 1.807) is 6.07 Å². The Morgan fingerprint density at radius 2 is 2.21 bits per heavy atom. The van der Waals surface area contributed by atoms with E-state index in [2.05, 4.69) is 9.98 Å². The van der Waals surface area contributed by atoms with Crippen LogP contribution in [-0.4, -0.2) is 23.5 Å². The Bertz CT molecular complexity index is 681. The average Bonchev–Trinajstić information content (AvgIpc) is 2.80. The minimum absolute atomic E-state index is 0.00712. The van der Waals surface area contributed by atoms with Crippen molar-refractivity contribution in [2.45, 2.75) is 12.8 Å². The summed E-state index contributed by atoms with van der Waals surface area (Å²) < 4.78 is 0.890. The van der Waals surface area contributed by atoms with E-state index in [0.717, 1.165) is 15.2 Å². The van der Waals surface area contributed by atoms with Crippen molar-refractivity contribution in [2.75, 3.05) is 6.54 Å². The quantitative estimate of drug-likeness (QED) is 0.846. The molecular weight excluding hydrogens is 303 g/mol. The fourth-order valence-electron chi connectivity index (χ4n) is 2.09. The van der Waals surface area contributed by atoms with Crippen LogP contribution in [0, 0.1) is 5.92 Å². The number of fused-ring (bicyclic) bond motifs is 1. The molecule has 0 fully saturated rings. The van der Waals surface area contributed by atoms with E-state index < -0.39 is 0 Å². The summed E-state index contributed by atoms with van der Waals surface area (Å²) in [5.74, 6) is 0.179. The van der Waals surface area contributed by atoms with Crippen LogP contribution in [0.4, 0.5) is 0 Å². The van der Waals surface area contributed by atoms with E-state index in [0.29, 0.717) is 29.4 Å². The number of aliphatic imine (C=N–C) groups is 1. The highest BCUT2D eigenvalue weighted by Gasteiger charge is 2.22. The monoisotopic (exact) mass is 312 g/mol. The summed E-state index contributed by atoms with van der Waals surface area (Å²) in [6.45, 7) is 0.294. The van der Waals surface area contributed by atoms with Crippen molar-refractivity contribution in [1.82, 2.24) is 4.98 Å². The number of hydrogen-bond donors (Lipinski definition) is 0. The summed E-state index contributed by atoms with van der Waals surface area (Å²) in [4.78, 5) is 20.3. The molecule has 2 aromatic rings. The number of halogens is 2. The van der Waals surface area contributed by atoms with E-state index >= 15 is 0 Å². The van der Waals surface area contributed by atoms with Gasteiger partial charge in [-0.3, -0.25) is 9.79 Å². The third-order valence-corrected chi connectivity index (χ3v) is 5.16. The first kappa shape index (κ1) is 13.0. The van der Waals surface area contributed by atoms with Crippen LogP contribution in [0.1, 0.15) is 11.4 Å². The third-order valence-electron chi connectivity index (χ3n) is 3.14. The summed E-state index contributed by atoms with van der Waals surface area (Å²) in [6, 6.07) is 3.60. The smallest absolute Gasteiger partial charge is 0.158 e. The minimum atomic E-state index is -0.00712. The van der Waals surface area contributed by atoms with Gasteiger partial charge in [0.1, 0.15) is 0 Å². The van der Waals surface area contributed by atoms with Crippen molar-refractivity contribution < 1.29 is 4.79 Å². The van der Waals surface area contributed by atoms with E-state index in [9.17, 15) is 4.79 Å². The molecule has 98 valence electrons. The summed E-state index contributed by atoms with van der Waals surface area (Å²) in [5.41, 5.74) is 0.839. The molecule has 1 unspecified atom stereocenters. The van der Waals surface area contributed by atoms with Gasteiger partial charge in [-0.1, -0.05) is 23.2 Å². The molecule has 0 saturated heterocycles. The van der Waals surface area contributed by atoms with E-state index in [1.165, 1.54) is 11.3 Å². The van der Waals surface area contributed by atoms with Crippen molar-refractivity contribution in [3.63, 3.8) is 0 Å². The number of benzene rings is 1. The van der Waals surface area contributed by atoms with Gasteiger partial charge in [0.2, 0.25) is 0 Å². The second-order valence-corrected chi connectivity index (χ2v) is 6.31. The van der Waals surface area contributed by atoms with Crippen LogP contribution < -0.4 is 0 Å².